The maximum absolute atomic E-state index is 10.5. The summed E-state index contributed by atoms with van der Waals surface area (Å²) in [5, 5.41) is 12.0. The van der Waals surface area contributed by atoms with Crippen LogP contribution in [0, 0.1) is 0 Å². The van der Waals surface area contributed by atoms with Gasteiger partial charge in [0.1, 0.15) is 0 Å². The van der Waals surface area contributed by atoms with Crippen LogP contribution in [0.15, 0.2) is 22.7 Å². The van der Waals surface area contributed by atoms with E-state index in [1.54, 1.807) is 12.1 Å². The number of aromatic nitrogens is 1. The maximum Gasteiger partial charge on any atom is 0.409 e. The summed E-state index contributed by atoms with van der Waals surface area (Å²) in [4.78, 5) is 13.8. The summed E-state index contributed by atoms with van der Waals surface area (Å²) in [6.07, 6.45) is -0.142. The minimum absolute atomic E-state index is 0.552. The van der Waals surface area contributed by atoms with Crippen molar-refractivity contribution < 1.29 is 9.90 Å². The highest BCUT2D eigenvalue weighted by Crippen LogP contribution is 2.29. The number of benzene rings is 1. The fraction of sp³-hybridized carbons (Fsp3) is 0.182. The molecule has 3 N–H and O–H groups in total. The van der Waals surface area contributed by atoms with Crippen LogP contribution in [0.5, 0.6) is 0 Å². The van der Waals surface area contributed by atoms with Crippen LogP contribution in [0.2, 0.25) is 0 Å². The van der Waals surface area contributed by atoms with Crippen LogP contribution in [0.25, 0.3) is 10.9 Å². The number of anilines is 1. The highest BCUT2D eigenvalue weighted by atomic mass is 79.9. The number of hydrogen-bond acceptors (Lipinski definition) is 1. The van der Waals surface area contributed by atoms with Gasteiger partial charge in [0, 0.05) is 26.8 Å². The molecule has 0 aliphatic carbocycles. The van der Waals surface area contributed by atoms with Gasteiger partial charge in [0.2, 0.25) is 0 Å². The van der Waals surface area contributed by atoms with Crippen molar-refractivity contribution in [3.8, 4) is 0 Å². The Morgan fingerprint density at radius 3 is 2.88 bits per heavy atom. The number of carboxylic acid groups (broad SMARTS) is 1. The molecule has 0 unspecified atom stereocenters. The molecule has 0 radical (unpaired) electrons. The number of aromatic amines is 1. The molecule has 2 aromatic rings. The van der Waals surface area contributed by atoms with E-state index in [1.807, 2.05) is 0 Å². The highest BCUT2D eigenvalue weighted by molar-refractivity contribution is 9.10. The summed E-state index contributed by atoms with van der Waals surface area (Å²) in [6, 6.07) is 5.60. The summed E-state index contributed by atoms with van der Waals surface area (Å²) in [6.45, 7) is 2.06. The quantitative estimate of drug-likeness (QED) is 0.788. The normalized spacial score (nSPS) is 10.6. The van der Waals surface area contributed by atoms with E-state index in [0.717, 1.165) is 27.5 Å². The predicted molar refractivity (Wildman–Crippen MR) is 67.0 cm³/mol. The third-order valence-corrected chi connectivity index (χ3v) is 3.03. The molecule has 0 spiro atoms. The monoisotopic (exact) mass is 282 g/mol. The average molecular weight is 283 g/mol. The first-order valence-electron chi connectivity index (χ1n) is 4.91. The Balaban J connectivity index is 2.52. The zero-order valence-corrected chi connectivity index (χ0v) is 10.3. The Morgan fingerprint density at radius 2 is 2.25 bits per heavy atom. The Bertz CT molecular complexity index is 548. The zero-order valence-electron chi connectivity index (χ0n) is 8.67. The van der Waals surface area contributed by atoms with Gasteiger partial charge in [-0.2, -0.15) is 0 Å². The van der Waals surface area contributed by atoms with Gasteiger partial charge in [-0.3, -0.25) is 5.32 Å². The molecule has 84 valence electrons. The number of rotatable bonds is 2. The number of fused-ring (bicyclic) bond motifs is 1. The minimum Gasteiger partial charge on any atom is -0.465 e. The van der Waals surface area contributed by atoms with Crippen LogP contribution in [-0.2, 0) is 6.42 Å². The fourth-order valence-corrected chi connectivity index (χ4v) is 2.21. The van der Waals surface area contributed by atoms with Crippen molar-refractivity contribution in [2.75, 3.05) is 5.32 Å². The van der Waals surface area contributed by atoms with Gasteiger partial charge in [-0.05, 0) is 24.6 Å². The first-order chi connectivity index (χ1) is 7.60. The predicted octanol–water partition coefficient (Wildman–Crippen LogP) is 3.58. The lowest BCUT2D eigenvalue weighted by Crippen LogP contribution is -2.06. The number of hydrogen-bond donors (Lipinski definition) is 3. The Hall–Kier alpha value is -1.49. The standard InChI is InChI=1S/C11H11BrN2O2/c1-2-6-3-8-9(12)4-7(14-11(15)16)5-10(8)13-6/h3-5,13-14H,2H2,1H3,(H,15,16). The van der Waals surface area contributed by atoms with Crippen molar-refractivity contribution in [1.29, 1.82) is 0 Å². The van der Waals surface area contributed by atoms with E-state index in [4.69, 9.17) is 5.11 Å². The number of nitrogens with one attached hydrogen (secondary N) is 2. The molecule has 0 fully saturated rings. The lowest BCUT2D eigenvalue weighted by Gasteiger charge is -2.02. The first kappa shape index (κ1) is 11.0. The van der Waals surface area contributed by atoms with Gasteiger partial charge in [0.25, 0.3) is 0 Å². The van der Waals surface area contributed by atoms with Crippen molar-refractivity contribution >= 4 is 38.6 Å². The van der Waals surface area contributed by atoms with E-state index < -0.39 is 6.09 Å². The number of amides is 1. The second-order valence-electron chi connectivity index (χ2n) is 3.50. The molecule has 1 heterocycles. The Labute approximate surface area is 101 Å². The number of H-pyrrole nitrogens is 1. The molecule has 0 aliphatic heterocycles. The second kappa shape index (κ2) is 4.17. The first-order valence-corrected chi connectivity index (χ1v) is 5.70. The Morgan fingerprint density at radius 1 is 1.50 bits per heavy atom. The molecule has 4 nitrogen and oxygen atoms in total. The molecule has 0 atom stereocenters. The van der Waals surface area contributed by atoms with Crippen LogP contribution in [0.1, 0.15) is 12.6 Å². The number of carbonyl (C=O) groups is 1. The van der Waals surface area contributed by atoms with Crippen molar-refractivity contribution in [2.24, 2.45) is 0 Å². The molecular formula is C11H11BrN2O2. The van der Waals surface area contributed by atoms with Gasteiger partial charge in [0.15, 0.2) is 0 Å². The topological polar surface area (TPSA) is 65.1 Å². The summed E-state index contributed by atoms with van der Waals surface area (Å²) in [5.74, 6) is 0. The van der Waals surface area contributed by atoms with Crippen molar-refractivity contribution in [3.05, 3.63) is 28.4 Å². The van der Waals surface area contributed by atoms with Crippen LogP contribution in [0.3, 0.4) is 0 Å². The molecule has 16 heavy (non-hydrogen) atoms. The fourth-order valence-electron chi connectivity index (χ4n) is 1.64. The summed E-state index contributed by atoms with van der Waals surface area (Å²) in [5.41, 5.74) is 2.61. The SMILES string of the molecule is CCc1cc2c(Br)cc(NC(=O)O)cc2[nH]1. The van der Waals surface area contributed by atoms with Gasteiger partial charge in [-0.1, -0.05) is 22.9 Å². The van der Waals surface area contributed by atoms with Gasteiger partial charge in [-0.25, -0.2) is 4.79 Å². The largest absolute Gasteiger partial charge is 0.465 e. The van der Waals surface area contributed by atoms with Crippen molar-refractivity contribution in [2.45, 2.75) is 13.3 Å². The van der Waals surface area contributed by atoms with Gasteiger partial charge >= 0.3 is 6.09 Å². The van der Waals surface area contributed by atoms with Gasteiger partial charge in [-0.15, -0.1) is 0 Å². The smallest absolute Gasteiger partial charge is 0.409 e. The summed E-state index contributed by atoms with van der Waals surface area (Å²) in [7, 11) is 0. The Kier molecular flexibility index (Phi) is 2.87. The average Bonchev–Trinajstić information content (AvgIpc) is 2.60. The molecule has 5 heteroatoms. The van der Waals surface area contributed by atoms with E-state index in [9.17, 15) is 4.79 Å². The number of aryl methyl sites for hydroxylation is 1. The third-order valence-electron chi connectivity index (χ3n) is 2.38. The van der Waals surface area contributed by atoms with Crippen LogP contribution in [0.4, 0.5) is 10.5 Å². The van der Waals surface area contributed by atoms with Crippen molar-refractivity contribution in [1.82, 2.24) is 4.98 Å². The van der Waals surface area contributed by atoms with Gasteiger partial charge in [0.05, 0.1) is 0 Å². The van der Waals surface area contributed by atoms with Gasteiger partial charge < -0.3 is 10.1 Å². The lowest BCUT2D eigenvalue weighted by molar-refractivity contribution is 0.210. The molecule has 2 rings (SSSR count). The zero-order chi connectivity index (χ0) is 11.7. The van der Waals surface area contributed by atoms with E-state index in [2.05, 4.69) is 39.2 Å². The van der Waals surface area contributed by atoms with Crippen LogP contribution >= 0.6 is 15.9 Å². The second-order valence-corrected chi connectivity index (χ2v) is 4.35. The molecule has 0 saturated carbocycles. The molecule has 1 aromatic carbocycles. The van der Waals surface area contributed by atoms with E-state index in [-0.39, 0.29) is 0 Å². The molecule has 0 aliphatic rings. The maximum atomic E-state index is 10.5. The number of halogens is 1. The lowest BCUT2D eigenvalue weighted by atomic mass is 10.2. The van der Waals surface area contributed by atoms with Crippen molar-refractivity contribution in [3.63, 3.8) is 0 Å². The molecule has 1 aromatic heterocycles. The summed E-state index contributed by atoms with van der Waals surface area (Å²) >= 11 is 3.43. The van der Waals surface area contributed by atoms with Crippen LogP contribution in [-0.4, -0.2) is 16.2 Å². The van der Waals surface area contributed by atoms with Crippen LogP contribution < -0.4 is 5.32 Å². The molecular weight excluding hydrogens is 272 g/mol. The van der Waals surface area contributed by atoms with E-state index in [0.29, 0.717) is 5.69 Å². The minimum atomic E-state index is -1.06. The third kappa shape index (κ3) is 2.04. The summed E-state index contributed by atoms with van der Waals surface area (Å²) < 4.78 is 0.879. The molecule has 0 bridgehead atoms. The molecule has 0 saturated heterocycles. The molecule has 1 amide bonds. The van der Waals surface area contributed by atoms with E-state index in [1.165, 1.54) is 0 Å². The highest BCUT2D eigenvalue weighted by Gasteiger charge is 2.07. The van der Waals surface area contributed by atoms with E-state index >= 15 is 0 Å².